The zero-order valence-electron chi connectivity index (χ0n) is 25.9. The van der Waals surface area contributed by atoms with Gasteiger partial charge in [-0.15, -0.1) is 0 Å². The number of alkyl halides is 2. The fourth-order valence-corrected chi connectivity index (χ4v) is 5.76. The van der Waals surface area contributed by atoms with Crippen LogP contribution >= 0.6 is 7.75 Å². The van der Waals surface area contributed by atoms with E-state index in [0.717, 1.165) is 12.3 Å². The van der Waals surface area contributed by atoms with Crippen molar-refractivity contribution in [3.8, 4) is 5.75 Å². The van der Waals surface area contributed by atoms with Crippen molar-refractivity contribution in [2.75, 3.05) is 12.3 Å². The Hall–Kier alpha value is -4.37. The predicted molar refractivity (Wildman–Crippen MR) is 162 cm³/mol. The SMILES string of the molecule is C[C@H](N[P@](=O)(OC[C@H]1O[C@@H](n2ccc(N)nc2=O)C(F)(F)C1OC(=O)OC(C)(C)C)Oc1ccccc1)C(=O)OCc1ccccc1. The van der Waals surface area contributed by atoms with Gasteiger partial charge in [-0.1, -0.05) is 48.5 Å². The van der Waals surface area contributed by atoms with Crippen LogP contribution in [-0.2, 0) is 39.4 Å². The minimum absolute atomic E-state index is 0.0461. The van der Waals surface area contributed by atoms with Crippen LogP contribution in [0.3, 0.4) is 0 Å². The van der Waals surface area contributed by atoms with Crippen molar-refractivity contribution in [3.05, 3.63) is 89.0 Å². The minimum atomic E-state index is -4.59. The first kappa shape index (κ1) is 35.5. The molecule has 0 radical (unpaired) electrons. The van der Waals surface area contributed by atoms with Crippen molar-refractivity contribution in [1.82, 2.24) is 14.6 Å². The lowest BCUT2D eigenvalue weighted by Gasteiger charge is -2.27. The minimum Gasteiger partial charge on any atom is -0.460 e. The standard InChI is InChI=1S/C30H35F2N4O10P/c1-19(25(37)41-17-20-11-7-5-8-12-20)35-47(40,46-21-13-9-6-10-14-21)42-18-22-24(44-28(39)45-29(2,3)4)30(31,32)26(43-22)36-16-15-23(33)34-27(36)38/h5-16,19,22,24,26H,17-18H2,1-4H3,(H,35,40)(H2,33,34,38)/t19-,22+,24?,26+,47-/m0/s1. The molecule has 0 bridgehead atoms. The van der Waals surface area contributed by atoms with Gasteiger partial charge in [0.05, 0.1) is 6.61 Å². The molecule has 3 aromatic rings. The third-order valence-electron chi connectivity index (χ3n) is 6.37. The Morgan fingerprint density at radius 1 is 1.11 bits per heavy atom. The van der Waals surface area contributed by atoms with Gasteiger partial charge in [0, 0.05) is 6.20 Å². The second-order valence-corrected chi connectivity index (χ2v) is 13.1. The first-order chi connectivity index (χ1) is 22.1. The van der Waals surface area contributed by atoms with Crippen LogP contribution in [0.1, 0.15) is 39.5 Å². The zero-order chi connectivity index (χ0) is 34.4. The fourth-order valence-electron chi connectivity index (χ4n) is 4.26. The number of nitrogens with zero attached hydrogens (tertiary/aromatic N) is 2. The van der Waals surface area contributed by atoms with Crippen molar-refractivity contribution in [2.45, 2.75) is 70.3 Å². The third-order valence-corrected chi connectivity index (χ3v) is 8.02. The Morgan fingerprint density at radius 2 is 1.74 bits per heavy atom. The number of hydrogen-bond acceptors (Lipinski definition) is 12. The number of carbonyl (C=O) groups is 2. The maximum Gasteiger partial charge on any atom is 0.509 e. The second kappa shape index (κ2) is 14.6. The summed E-state index contributed by atoms with van der Waals surface area (Å²) in [6, 6.07) is 16.3. The molecule has 1 aliphatic rings. The van der Waals surface area contributed by atoms with Gasteiger partial charge < -0.3 is 29.2 Å². The summed E-state index contributed by atoms with van der Waals surface area (Å²) in [5, 5.41) is 2.45. The zero-order valence-corrected chi connectivity index (χ0v) is 26.8. The van der Waals surface area contributed by atoms with Crippen molar-refractivity contribution >= 4 is 25.7 Å². The van der Waals surface area contributed by atoms with E-state index in [4.69, 9.17) is 33.7 Å². The van der Waals surface area contributed by atoms with Gasteiger partial charge in [-0.3, -0.25) is 13.9 Å². The van der Waals surface area contributed by atoms with Crippen molar-refractivity contribution in [2.24, 2.45) is 0 Å². The maximum absolute atomic E-state index is 15.9. The molecular weight excluding hydrogens is 645 g/mol. The number of aromatic nitrogens is 2. The molecule has 254 valence electrons. The number of hydrogen-bond donors (Lipinski definition) is 2. The van der Waals surface area contributed by atoms with Crippen molar-refractivity contribution in [1.29, 1.82) is 0 Å². The molecule has 47 heavy (non-hydrogen) atoms. The smallest absolute Gasteiger partial charge is 0.460 e. The number of halogens is 2. The summed E-state index contributed by atoms with van der Waals surface area (Å²) >= 11 is 0. The Balaban J connectivity index is 1.58. The van der Waals surface area contributed by atoms with Crippen LogP contribution in [0.2, 0.25) is 0 Å². The normalized spacial score (nSPS) is 20.9. The molecule has 0 spiro atoms. The van der Waals surface area contributed by atoms with Crippen LogP contribution in [0, 0.1) is 0 Å². The summed E-state index contributed by atoms with van der Waals surface area (Å²) < 4.78 is 78.2. The van der Waals surface area contributed by atoms with E-state index >= 15 is 8.78 Å². The summed E-state index contributed by atoms with van der Waals surface area (Å²) in [5.41, 5.74) is 3.92. The summed E-state index contributed by atoms with van der Waals surface area (Å²) in [7, 11) is -4.59. The van der Waals surface area contributed by atoms with E-state index in [0.29, 0.717) is 10.1 Å². The molecule has 2 heterocycles. The van der Waals surface area contributed by atoms with Gasteiger partial charge in [0.1, 0.15) is 35.9 Å². The summed E-state index contributed by atoms with van der Waals surface area (Å²) in [5.74, 6) is -5.07. The number of rotatable bonds is 12. The molecule has 5 atom stereocenters. The number of nitrogen functional groups attached to an aromatic ring is 1. The fraction of sp³-hybridized carbons (Fsp3) is 0.400. The molecule has 4 rings (SSSR count). The van der Waals surface area contributed by atoms with E-state index in [2.05, 4.69) is 10.1 Å². The quantitative estimate of drug-likeness (QED) is 0.200. The van der Waals surface area contributed by atoms with Crippen molar-refractivity contribution < 1.29 is 50.9 Å². The van der Waals surface area contributed by atoms with Crippen LogP contribution in [0.25, 0.3) is 0 Å². The second-order valence-electron chi connectivity index (χ2n) is 11.4. The summed E-state index contributed by atoms with van der Waals surface area (Å²) in [6.45, 7) is 4.80. The highest BCUT2D eigenvalue weighted by molar-refractivity contribution is 7.52. The molecule has 2 aromatic carbocycles. The monoisotopic (exact) mass is 680 g/mol. The molecular formula is C30H35F2N4O10P. The van der Waals surface area contributed by atoms with E-state index in [1.54, 1.807) is 48.5 Å². The summed E-state index contributed by atoms with van der Waals surface area (Å²) in [6.07, 6.45) is -7.13. The highest BCUT2D eigenvalue weighted by Gasteiger charge is 2.63. The van der Waals surface area contributed by atoms with Gasteiger partial charge in [0.25, 0.3) is 0 Å². The molecule has 1 unspecified atom stereocenters. The molecule has 17 heteroatoms. The highest BCUT2D eigenvalue weighted by atomic mass is 31.2. The lowest BCUT2D eigenvalue weighted by Crippen LogP contribution is -2.45. The van der Waals surface area contributed by atoms with Crippen LogP contribution in [0.15, 0.2) is 77.7 Å². The van der Waals surface area contributed by atoms with Gasteiger partial charge in [-0.2, -0.15) is 18.9 Å². The first-order valence-electron chi connectivity index (χ1n) is 14.3. The predicted octanol–water partition coefficient (Wildman–Crippen LogP) is 4.60. The number of para-hydroxylation sites is 1. The first-order valence-corrected chi connectivity index (χ1v) is 15.9. The van der Waals surface area contributed by atoms with Crippen LogP contribution < -0.4 is 21.0 Å². The molecule has 1 saturated heterocycles. The number of anilines is 1. The van der Waals surface area contributed by atoms with Crippen LogP contribution in [0.4, 0.5) is 19.4 Å². The lowest BCUT2D eigenvalue weighted by atomic mass is 10.1. The van der Waals surface area contributed by atoms with Crippen LogP contribution in [-0.4, -0.2) is 58.1 Å². The Bertz CT molecular complexity index is 1640. The number of esters is 1. The lowest BCUT2D eigenvalue weighted by molar-refractivity contribution is -0.149. The summed E-state index contributed by atoms with van der Waals surface area (Å²) in [4.78, 5) is 41.2. The van der Waals surface area contributed by atoms with Gasteiger partial charge in [0.2, 0.25) is 12.3 Å². The average molecular weight is 681 g/mol. The Labute approximate surface area is 268 Å². The van der Waals surface area contributed by atoms with Crippen molar-refractivity contribution in [3.63, 3.8) is 0 Å². The Kier molecular flexibility index (Phi) is 11.0. The number of ether oxygens (including phenoxy) is 4. The largest absolute Gasteiger partial charge is 0.509 e. The molecule has 0 aliphatic carbocycles. The van der Waals surface area contributed by atoms with Gasteiger partial charge >= 0.3 is 31.5 Å². The molecule has 1 fully saturated rings. The van der Waals surface area contributed by atoms with Gasteiger partial charge in [-0.25, -0.2) is 14.2 Å². The van der Waals surface area contributed by atoms with E-state index in [1.807, 2.05) is 0 Å². The highest BCUT2D eigenvalue weighted by Crippen LogP contribution is 2.49. The molecule has 0 saturated carbocycles. The number of carbonyl (C=O) groups excluding carboxylic acids is 2. The molecule has 0 amide bonds. The number of nitrogens with one attached hydrogen (secondary N) is 1. The molecule has 1 aliphatic heterocycles. The number of nitrogens with two attached hydrogens (primary N) is 1. The van der Waals surface area contributed by atoms with Crippen LogP contribution in [0.5, 0.6) is 5.75 Å². The van der Waals surface area contributed by atoms with E-state index in [-0.39, 0.29) is 18.2 Å². The Morgan fingerprint density at radius 3 is 2.36 bits per heavy atom. The van der Waals surface area contributed by atoms with E-state index in [9.17, 15) is 18.9 Å². The molecule has 3 N–H and O–H groups in total. The topological polar surface area (TPSA) is 180 Å². The molecule has 14 nitrogen and oxygen atoms in total. The number of benzene rings is 2. The average Bonchev–Trinajstić information content (AvgIpc) is 3.23. The van der Waals surface area contributed by atoms with Gasteiger partial charge in [-0.05, 0) is 51.5 Å². The third kappa shape index (κ3) is 9.58. The molecule has 1 aromatic heterocycles. The van der Waals surface area contributed by atoms with Gasteiger partial charge in [0.15, 0.2) is 0 Å². The van der Waals surface area contributed by atoms with E-state index < -0.39 is 68.2 Å². The maximum atomic E-state index is 15.9. The van der Waals surface area contributed by atoms with E-state index in [1.165, 1.54) is 39.8 Å².